The van der Waals surface area contributed by atoms with Crippen molar-refractivity contribution >= 4 is 17.6 Å². The number of pyridine rings is 1. The quantitative estimate of drug-likeness (QED) is 0.780. The fraction of sp³-hybridized carbons (Fsp3) is 0.316. The third-order valence-corrected chi connectivity index (χ3v) is 4.41. The van der Waals surface area contributed by atoms with Gasteiger partial charge in [-0.15, -0.1) is 0 Å². The van der Waals surface area contributed by atoms with Gasteiger partial charge in [0, 0.05) is 49.7 Å². The molecular weight excluding hydrogens is 334 g/mol. The van der Waals surface area contributed by atoms with Gasteiger partial charge in [0.05, 0.1) is 19.8 Å². The summed E-state index contributed by atoms with van der Waals surface area (Å²) >= 11 is 0. The van der Waals surface area contributed by atoms with Crippen LogP contribution in [0, 0.1) is 0 Å². The number of ether oxygens (including phenoxy) is 2. The van der Waals surface area contributed by atoms with Crippen LogP contribution in [-0.2, 0) is 4.74 Å². The van der Waals surface area contributed by atoms with Crippen LogP contribution in [0.5, 0.6) is 5.88 Å². The van der Waals surface area contributed by atoms with E-state index in [-0.39, 0.29) is 11.9 Å². The molecule has 1 saturated heterocycles. The Labute approximate surface area is 152 Å². The zero-order valence-electron chi connectivity index (χ0n) is 14.8. The van der Waals surface area contributed by atoms with Crippen LogP contribution in [0.15, 0.2) is 42.6 Å². The van der Waals surface area contributed by atoms with Crippen LogP contribution in [-0.4, -0.2) is 62.2 Å². The fourth-order valence-electron chi connectivity index (χ4n) is 2.93. The van der Waals surface area contributed by atoms with Crippen LogP contribution in [0.25, 0.3) is 0 Å². The number of esters is 1. The molecule has 0 unspecified atom stereocenters. The van der Waals surface area contributed by atoms with E-state index in [1.54, 1.807) is 30.5 Å². The molecule has 1 aromatic carbocycles. The Morgan fingerprint density at radius 1 is 0.962 bits per heavy atom. The van der Waals surface area contributed by atoms with Gasteiger partial charge < -0.3 is 19.3 Å². The van der Waals surface area contributed by atoms with Gasteiger partial charge in [-0.05, 0) is 30.3 Å². The number of hydrogen-bond acceptors (Lipinski definition) is 6. The Hall–Kier alpha value is -3.09. The summed E-state index contributed by atoms with van der Waals surface area (Å²) in [6.45, 7) is 2.71. The molecule has 0 bridgehead atoms. The minimum atomic E-state index is -0.347. The lowest BCUT2D eigenvalue weighted by Crippen LogP contribution is -2.48. The average molecular weight is 355 g/mol. The van der Waals surface area contributed by atoms with Gasteiger partial charge in [-0.2, -0.15) is 0 Å². The molecule has 2 heterocycles. The predicted octanol–water partition coefficient (Wildman–Crippen LogP) is 1.84. The maximum Gasteiger partial charge on any atom is 0.337 e. The molecule has 1 amide bonds. The van der Waals surface area contributed by atoms with E-state index in [0.29, 0.717) is 30.1 Å². The molecule has 1 aliphatic heterocycles. The number of piperazine rings is 1. The normalized spacial score (nSPS) is 14.1. The van der Waals surface area contributed by atoms with E-state index in [1.165, 1.54) is 14.2 Å². The largest absolute Gasteiger partial charge is 0.481 e. The summed E-state index contributed by atoms with van der Waals surface area (Å²) in [4.78, 5) is 32.2. The molecule has 7 heteroatoms. The summed E-state index contributed by atoms with van der Waals surface area (Å²) in [7, 11) is 2.89. The number of benzene rings is 1. The van der Waals surface area contributed by atoms with Crippen LogP contribution in [0.4, 0.5) is 5.69 Å². The summed E-state index contributed by atoms with van der Waals surface area (Å²) in [6, 6.07) is 10.7. The number of rotatable bonds is 4. The van der Waals surface area contributed by atoms with Gasteiger partial charge in [0.2, 0.25) is 5.88 Å². The first-order chi connectivity index (χ1) is 12.6. The van der Waals surface area contributed by atoms with Crippen molar-refractivity contribution in [2.24, 2.45) is 0 Å². The number of nitrogens with zero attached hydrogens (tertiary/aromatic N) is 3. The first kappa shape index (κ1) is 17.7. The second kappa shape index (κ2) is 7.86. The smallest absolute Gasteiger partial charge is 0.337 e. The second-order valence-electron chi connectivity index (χ2n) is 5.90. The Kier molecular flexibility index (Phi) is 5.36. The number of anilines is 1. The van der Waals surface area contributed by atoms with Gasteiger partial charge in [-0.1, -0.05) is 0 Å². The van der Waals surface area contributed by atoms with Crippen LogP contribution >= 0.6 is 0 Å². The topological polar surface area (TPSA) is 72.0 Å². The van der Waals surface area contributed by atoms with Crippen LogP contribution in [0.3, 0.4) is 0 Å². The highest BCUT2D eigenvalue weighted by Gasteiger charge is 2.23. The van der Waals surface area contributed by atoms with E-state index in [9.17, 15) is 9.59 Å². The summed E-state index contributed by atoms with van der Waals surface area (Å²) < 4.78 is 9.79. The van der Waals surface area contributed by atoms with Gasteiger partial charge in [0.15, 0.2) is 0 Å². The third kappa shape index (κ3) is 3.77. The van der Waals surface area contributed by atoms with Crippen LogP contribution in [0.1, 0.15) is 20.7 Å². The standard InChI is InChI=1S/C19H21N3O4/c1-25-17-13-15(7-8-20-17)18(23)22-11-9-21(10-12-22)16-5-3-14(4-6-16)19(24)26-2/h3-8,13H,9-12H2,1-2H3. The molecule has 26 heavy (non-hydrogen) atoms. The van der Waals surface area contributed by atoms with E-state index in [2.05, 4.69) is 9.88 Å². The maximum atomic E-state index is 12.6. The Balaban J connectivity index is 1.61. The number of carbonyl (C=O) groups excluding carboxylic acids is 2. The zero-order valence-corrected chi connectivity index (χ0v) is 14.8. The van der Waals surface area contributed by atoms with Crippen molar-refractivity contribution in [3.05, 3.63) is 53.7 Å². The molecule has 0 radical (unpaired) electrons. The third-order valence-electron chi connectivity index (χ3n) is 4.41. The van der Waals surface area contributed by atoms with Gasteiger partial charge in [-0.3, -0.25) is 4.79 Å². The number of methoxy groups -OCH3 is 2. The lowest BCUT2D eigenvalue weighted by Gasteiger charge is -2.36. The average Bonchev–Trinajstić information content (AvgIpc) is 2.73. The van der Waals surface area contributed by atoms with E-state index < -0.39 is 0 Å². The highest BCUT2D eigenvalue weighted by atomic mass is 16.5. The van der Waals surface area contributed by atoms with E-state index in [0.717, 1.165) is 18.8 Å². The monoisotopic (exact) mass is 355 g/mol. The highest BCUT2D eigenvalue weighted by Crippen LogP contribution is 2.19. The van der Waals surface area contributed by atoms with Crippen LogP contribution < -0.4 is 9.64 Å². The van der Waals surface area contributed by atoms with E-state index in [4.69, 9.17) is 9.47 Å². The highest BCUT2D eigenvalue weighted by molar-refractivity contribution is 5.94. The minimum Gasteiger partial charge on any atom is -0.481 e. The van der Waals surface area contributed by atoms with Crippen molar-refractivity contribution in [3.63, 3.8) is 0 Å². The number of carbonyl (C=O) groups is 2. The molecule has 0 atom stereocenters. The molecule has 2 aromatic rings. The molecule has 0 aliphatic carbocycles. The zero-order chi connectivity index (χ0) is 18.5. The van der Waals surface area contributed by atoms with Gasteiger partial charge in [0.25, 0.3) is 5.91 Å². The molecule has 3 rings (SSSR count). The van der Waals surface area contributed by atoms with Crippen molar-refractivity contribution in [3.8, 4) is 5.88 Å². The Bertz CT molecular complexity index is 784. The lowest BCUT2D eigenvalue weighted by molar-refractivity contribution is 0.0600. The first-order valence-corrected chi connectivity index (χ1v) is 8.35. The number of hydrogen-bond donors (Lipinski definition) is 0. The summed E-state index contributed by atoms with van der Waals surface area (Å²) in [5, 5.41) is 0. The maximum absolute atomic E-state index is 12.6. The molecule has 7 nitrogen and oxygen atoms in total. The Morgan fingerprint density at radius 3 is 2.27 bits per heavy atom. The van der Waals surface area contributed by atoms with E-state index >= 15 is 0 Å². The van der Waals surface area contributed by atoms with Crippen molar-refractivity contribution in [1.82, 2.24) is 9.88 Å². The van der Waals surface area contributed by atoms with Crippen molar-refractivity contribution in [2.75, 3.05) is 45.3 Å². The van der Waals surface area contributed by atoms with E-state index in [1.807, 2.05) is 17.0 Å². The van der Waals surface area contributed by atoms with Crippen LogP contribution in [0.2, 0.25) is 0 Å². The van der Waals surface area contributed by atoms with Gasteiger partial charge in [-0.25, -0.2) is 9.78 Å². The summed E-state index contributed by atoms with van der Waals surface area (Å²) in [5.74, 6) is 0.0614. The number of aromatic nitrogens is 1. The predicted molar refractivity (Wildman–Crippen MR) is 96.7 cm³/mol. The Morgan fingerprint density at radius 2 is 1.65 bits per heavy atom. The molecule has 0 saturated carbocycles. The van der Waals surface area contributed by atoms with Crippen molar-refractivity contribution in [2.45, 2.75) is 0 Å². The summed E-state index contributed by atoms with van der Waals surface area (Å²) in [5.41, 5.74) is 2.12. The first-order valence-electron chi connectivity index (χ1n) is 8.35. The fourth-order valence-corrected chi connectivity index (χ4v) is 2.93. The molecule has 136 valence electrons. The van der Waals surface area contributed by atoms with Crippen molar-refractivity contribution in [1.29, 1.82) is 0 Å². The van der Waals surface area contributed by atoms with Gasteiger partial charge in [0.1, 0.15) is 0 Å². The number of amides is 1. The minimum absolute atomic E-state index is 0.0219. The van der Waals surface area contributed by atoms with Crippen molar-refractivity contribution < 1.29 is 19.1 Å². The summed E-state index contributed by atoms with van der Waals surface area (Å²) in [6.07, 6.45) is 1.57. The molecule has 1 fully saturated rings. The molecule has 1 aliphatic rings. The SMILES string of the molecule is COC(=O)c1ccc(N2CCN(C(=O)c3ccnc(OC)c3)CC2)cc1. The van der Waals surface area contributed by atoms with Gasteiger partial charge >= 0.3 is 5.97 Å². The lowest BCUT2D eigenvalue weighted by atomic mass is 10.1. The second-order valence-corrected chi connectivity index (χ2v) is 5.90. The molecule has 0 spiro atoms. The molecule has 0 N–H and O–H groups in total. The molecular formula is C19H21N3O4. The molecule has 1 aromatic heterocycles.